The first-order valence-corrected chi connectivity index (χ1v) is 5.71. The molecule has 0 saturated carbocycles. The Balaban J connectivity index is 2.16. The summed E-state index contributed by atoms with van der Waals surface area (Å²) in [6, 6.07) is 5.96. The van der Waals surface area contributed by atoms with Gasteiger partial charge in [-0.1, -0.05) is 6.07 Å². The van der Waals surface area contributed by atoms with E-state index < -0.39 is 17.9 Å². The molecule has 0 radical (unpaired) electrons. The maximum Gasteiger partial charge on any atom is 0.328 e. The normalized spacial score (nSPS) is 12.3. The topological polar surface area (TPSA) is 91.4 Å². The van der Waals surface area contributed by atoms with Gasteiger partial charge in [-0.25, -0.2) is 4.79 Å². The summed E-state index contributed by atoms with van der Waals surface area (Å²) in [5.74, 6) is -1.57. The van der Waals surface area contributed by atoms with Gasteiger partial charge in [0.05, 0.1) is 6.61 Å². The first kappa shape index (κ1) is 13.1. The van der Waals surface area contributed by atoms with Crippen molar-refractivity contribution in [3.05, 3.63) is 36.0 Å². The summed E-state index contributed by atoms with van der Waals surface area (Å²) >= 11 is 0. The molecule has 0 spiro atoms. The third-order valence-electron chi connectivity index (χ3n) is 2.75. The number of carbonyl (C=O) groups excluding carboxylic acids is 1. The first-order chi connectivity index (χ1) is 9.11. The summed E-state index contributed by atoms with van der Waals surface area (Å²) < 4.78 is 4.76. The number of hydrogen-bond donors (Lipinski definition) is 3. The fourth-order valence-corrected chi connectivity index (χ4v) is 1.77. The number of carboxylic acids is 1. The predicted octanol–water partition coefficient (Wildman–Crippen LogP) is 0.997. The van der Waals surface area contributed by atoms with Crippen LogP contribution >= 0.6 is 0 Å². The number of ether oxygens (including phenoxy) is 1. The molecule has 1 aromatic carbocycles. The quantitative estimate of drug-likeness (QED) is 0.749. The number of aromatic amines is 1. The van der Waals surface area contributed by atoms with Crippen molar-refractivity contribution in [1.82, 2.24) is 10.3 Å². The van der Waals surface area contributed by atoms with E-state index in [1.165, 1.54) is 7.11 Å². The number of nitrogens with one attached hydrogen (secondary N) is 2. The summed E-state index contributed by atoms with van der Waals surface area (Å²) in [6.07, 6.45) is 1.78. The van der Waals surface area contributed by atoms with E-state index in [4.69, 9.17) is 9.84 Å². The third kappa shape index (κ3) is 2.92. The van der Waals surface area contributed by atoms with Gasteiger partial charge in [-0.15, -0.1) is 0 Å². The molecule has 0 aliphatic rings. The average Bonchev–Trinajstić information content (AvgIpc) is 2.85. The lowest BCUT2D eigenvalue weighted by molar-refractivity contribution is -0.140. The molecule has 6 heteroatoms. The van der Waals surface area contributed by atoms with Gasteiger partial charge in [0.1, 0.15) is 0 Å². The minimum absolute atomic E-state index is 0.0776. The van der Waals surface area contributed by atoms with Crippen LogP contribution in [-0.4, -0.2) is 41.7 Å². The van der Waals surface area contributed by atoms with Crippen LogP contribution in [0.25, 0.3) is 10.9 Å². The summed E-state index contributed by atoms with van der Waals surface area (Å²) in [5, 5.41) is 12.3. The van der Waals surface area contributed by atoms with Crippen LogP contribution in [0.1, 0.15) is 10.4 Å². The Labute approximate surface area is 109 Å². The number of hydrogen-bond acceptors (Lipinski definition) is 3. The predicted molar refractivity (Wildman–Crippen MR) is 69.1 cm³/mol. The molecule has 2 aromatic rings. The Morgan fingerprint density at radius 1 is 1.42 bits per heavy atom. The van der Waals surface area contributed by atoms with Crippen LogP contribution in [-0.2, 0) is 9.53 Å². The maximum absolute atomic E-state index is 12.0. The number of carboxylic acid groups (broad SMARTS) is 1. The van der Waals surface area contributed by atoms with Crippen LogP contribution in [0.5, 0.6) is 0 Å². The number of amides is 1. The Morgan fingerprint density at radius 2 is 2.21 bits per heavy atom. The van der Waals surface area contributed by atoms with E-state index in [1.54, 1.807) is 24.4 Å². The van der Waals surface area contributed by atoms with Crippen molar-refractivity contribution in [2.24, 2.45) is 0 Å². The van der Waals surface area contributed by atoms with Gasteiger partial charge in [-0.05, 0) is 23.6 Å². The largest absolute Gasteiger partial charge is 0.480 e. The second-order valence-corrected chi connectivity index (χ2v) is 4.10. The fraction of sp³-hybridized carbons (Fsp3) is 0.231. The summed E-state index contributed by atoms with van der Waals surface area (Å²) in [4.78, 5) is 25.9. The molecule has 19 heavy (non-hydrogen) atoms. The number of aromatic nitrogens is 1. The molecule has 0 aliphatic carbocycles. The van der Waals surface area contributed by atoms with Crippen molar-refractivity contribution >= 4 is 22.8 Å². The van der Waals surface area contributed by atoms with Crippen molar-refractivity contribution in [2.75, 3.05) is 13.7 Å². The highest BCUT2D eigenvalue weighted by molar-refractivity contribution is 5.99. The van der Waals surface area contributed by atoms with Crippen LogP contribution in [0.2, 0.25) is 0 Å². The van der Waals surface area contributed by atoms with Gasteiger partial charge in [-0.3, -0.25) is 4.79 Å². The number of methoxy groups -OCH3 is 1. The minimum Gasteiger partial charge on any atom is -0.480 e. The molecule has 0 aliphatic heterocycles. The smallest absolute Gasteiger partial charge is 0.328 e. The molecule has 6 nitrogen and oxygen atoms in total. The van der Waals surface area contributed by atoms with Gasteiger partial charge in [0.2, 0.25) is 0 Å². The van der Waals surface area contributed by atoms with E-state index in [9.17, 15) is 9.59 Å². The standard InChI is InChI=1S/C13H14N2O4/c1-19-7-11(13(17)18)15-12(16)9-3-2-8-4-5-14-10(8)6-9/h2-6,11,14H,7H2,1H3,(H,15,16)(H,17,18). The van der Waals surface area contributed by atoms with Gasteiger partial charge in [0.25, 0.3) is 5.91 Å². The molecule has 1 heterocycles. The number of aliphatic carboxylic acids is 1. The molecule has 100 valence electrons. The van der Waals surface area contributed by atoms with Gasteiger partial charge >= 0.3 is 5.97 Å². The monoisotopic (exact) mass is 262 g/mol. The van der Waals surface area contributed by atoms with E-state index in [0.717, 1.165) is 10.9 Å². The average molecular weight is 262 g/mol. The zero-order valence-corrected chi connectivity index (χ0v) is 10.3. The van der Waals surface area contributed by atoms with Crippen molar-refractivity contribution in [1.29, 1.82) is 0 Å². The number of H-pyrrole nitrogens is 1. The van der Waals surface area contributed by atoms with Crippen molar-refractivity contribution in [3.63, 3.8) is 0 Å². The molecule has 0 saturated heterocycles. The number of rotatable bonds is 5. The van der Waals surface area contributed by atoms with Gasteiger partial charge < -0.3 is 20.1 Å². The molecule has 3 N–H and O–H groups in total. The van der Waals surface area contributed by atoms with Crippen molar-refractivity contribution < 1.29 is 19.4 Å². The van der Waals surface area contributed by atoms with Gasteiger partial charge in [-0.2, -0.15) is 0 Å². The van der Waals surface area contributed by atoms with E-state index in [0.29, 0.717) is 5.56 Å². The second kappa shape index (κ2) is 5.53. The number of fused-ring (bicyclic) bond motifs is 1. The van der Waals surface area contributed by atoms with Crippen LogP contribution in [0.4, 0.5) is 0 Å². The molecule has 1 aromatic heterocycles. The SMILES string of the molecule is COCC(NC(=O)c1ccc2cc[nH]c2c1)C(=O)O. The summed E-state index contributed by atoms with van der Waals surface area (Å²) in [7, 11) is 1.38. The molecule has 1 unspecified atom stereocenters. The first-order valence-electron chi connectivity index (χ1n) is 5.71. The highest BCUT2D eigenvalue weighted by Gasteiger charge is 2.20. The Kier molecular flexibility index (Phi) is 3.82. The summed E-state index contributed by atoms with van der Waals surface area (Å²) in [6.45, 7) is -0.0776. The lowest BCUT2D eigenvalue weighted by Gasteiger charge is -2.13. The highest BCUT2D eigenvalue weighted by Crippen LogP contribution is 2.14. The zero-order chi connectivity index (χ0) is 13.8. The van der Waals surface area contributed by atoms with Crippen LogP contribution < -0.4 is 5.32 Å². The van der Waals surface area contributed by atoms with Crippen molar-refractivity contribution in [2.45, 2.75) is 6.04 Å². The third-order valence-corrected chi connectivity index (χ3v) is 2.75. The second-order valence-electron chi connectivity index (χ2n) is 4.10. The Morgan fingerprint density at radius 3 is 2.89 bits per heavy atom. The lowest BCUT2D eigenvalue weighted by Crippen LogP contribution is -2.43. The molecule has 1 amide bonds. The van der Waals surface area contributed by atoms with Crippen LogP contribution in [0.15, 0.2) is 30.5 Å². The minimum atomic E-state index is -1.13. The van der Waals surface area contributed by atoms with Gasteiger partial charge in [0.15, 0.2) is 6.04 Å². The maximum atomic E-state index is 12.0. The summed E-state index contributed by atoms with van der Waals surface area (Å²) in [5.41, 5.74) is 1.23. The van der Waals surface area contributed by atoms with E-state index in [1.807, 2.05) is 6.07 Å². The zero-order valence-electron chi connectivity index (χ0n) is 10.3. The van der Waals surface area contributed by atoms with Gasteiger partial charge in [0, 0.05) is 24.4 Å². The fourth-order valence-electron chi connectivity index (χ4n) is 1.77. The Hall–Kier alpha value is -2.34. The lowest BCUT2D eigenvalue weighted by atomic mass is 10.1. The van der Waals surface area contributed by atoms with Crippen molar-refractivity contribution in [3.8, 4) is 0 Å². The molecular weight excluding hydrogens is 248 g/mol. The van der Waals surface area contributed by atoms with Crippen LogP contribution in [0.3, 0.4) is 0 Å². The molecule has 0 fully saturated rings. The van der Waals surface area contributed by atoms with E-state index in [2.05, 4.69) is 10.3 Å². The number of benzene rings is 1. The molecule has 0 bridgehead atoms. The highest BCUT2D eigenvalue weighted by atomic mass is 16.5. The number of carbonyl (C=O) groups is 2. The molecular formula is C13H14N2O4. The molecule has 1 atom stereocenters. The molecule has 2 rings (SSSR count). The van der Waals surface area contributed by atoms with Crippen LogP contribution in [0, 0.1) is 0 Å². The van der Waals surface area contributed by atoms with E-state index in [-0.39, 0.29) is 6.61 Å². The van der Waals surface area contributed by atoms with E-state index >= 15 is 0 Å². The Bertz CT molecular complexity index is 605.